The fourth-order valence-corrected chi connectivity index (χ4v) is 10.0. The number of benzene rings is 8. The van der Waals surface area contributed by atoms with Crippen LogP contribution in [0.4, 0.5) is 0 Å². The Bertz CT molecular complexity index is 3320. The van der Waals surface area contributed by atoms with Crippen LogP contribution in [0.25, 0.3) is 80.7 Å². The van der Waals surface area contributed by atoms with E-state index in [4.69, 9.17) is 9.41 Å². The third-order valence-electron chi connectivity index (χ3n) is 11.5. The van der Waals surface area contributed by atoms with Crippen molar-refractivity contribution in [1.82, 2.24) is 15.2 Å². The SMILES string of the molecule is c1ccc(C2=NC(c3ccc4sc5cccc(-c6cccc7c6oc6c(-n8c9ccccc9c9ccccc98)cccc67)c5c4c3)NC(c3ccccc3)N2)cc1. The first-order valence-corrected chi connectivity index (χ1v) is 20.2. The highest BCUT2D eigenvalue weighted by Crippen LogP contribution is 2.45. The lowest BCUT2D eigenvalue weighted by Gasteiger charge is -2.32. The molecule has 0 amide bonds. The molecule has 2 N–H and O–H groups in total. The summed E-state index contributed by atoms with van der Waals surface area (Å²) < 4.78 is 11.9. The molecule has 0 bridgehead atoms. The molecule has 0 fully saturated rings. The summed E-state index contributed by atoms with van der Waals surface area (Å²) in [7, 11) is 0. The van der Waals surface area contributed by atoms with Crippen LogP contribution in [0.1, 0.15) is 29.0 Å². The first kappa shape index (κ1) is 32.3. The molecule has 270 valence electrons. The van der Waals surface area contributed by atoms with Crippen molar-refractivity contribution in [3.05, 3.63) is 199 Å². The van der Waals surface area contributed by atoms with Gasteiger partial charge in [-0.15, -0.1) is 11.3 Å². The lowest BCUT2D eigenvalue weighted by atomic mass is 9.96. The summed E-state index contributed by atoms with van der Waals surface area (Å²) in [5.74, 6) is 0.876. The molecule has 2 unspecified atom stereocenters. The Morgan fingerprint density at radius 3 is 1.95 bits per heavy atom. The number of thiophene rings is 1. The highest BCUT2D eigenvalue weighted by atomic mass is 32.1. The van der Waals surface area contributed by atoms with E-state index < -0.39 is 0 Å². The van der Waals surface area contributed by atoms with E-state index in [-0.39, 0.29) is 12.3 Å². The quantitative estimate of drug-likeness (QED) is 0.184. The molecule has 3 aromatic heterocycles. The lowest BCUT2D eigenvalue weighted by molar-refractivity contribution is 0.409. The minimum absolute atomic E-state index is 0.104. The van der Waals surface area contributed by atoms with Gasteiger partial charge >= 0.3 is 0 Å². The molecule has 0 radical (unpaired) electrons. The molecule has 0 saturated carbocycles. The molecule has 11 aromatic rings. The average Bonchev–Trinajstić information content (AvgIpc) is 3.96. The standard InChI is InChI=1S/C51H34N4OS/c1-3-14-31(15-4-1)49-52-50(32-16-5-2-6-17-32)54-51(53-49)33-28-29-44-40(30-33)46-36(20-13-27-45(46)57-44)37-21-11-22-38-39-23-12-26-43(48(39)56-47(37)38)55-41-24-9-7-18-34(41)35-19-8-10-25-42(35)55/h1-30,49,51,53H,(H,52,54). The van der Waals surface area contributed by atoms with E-state index in [1.165, 1.54) is 30.9 Å². The van der Waals surface area contributed by atoms with Crippen molar-refractivity contribution < 1.29 is 4.42 Å². The van der Waals surface area contributed by atoms with E-state index in [1.807, 2.05) is 17.4 Å². The Morgan fingerprint density at radius 1 is 0.509 bits per heavy atom. The topological polar surface area (TPSA) is 54.5 Å². The van der Waals surface area contributed by atoms with Crippen LogP contribution in [0, 0.1) is 0 Å². The number of rotatable bonds is 5. The van der Waals surface area contributed by atoms with Gasteiger partial charge in [0.1, 0.15) is 23.8 Å². The first-order valence-electron chi connectivity index (χ1n) is 19.4. The molecule has 0 spiro atoms. The largest absolute Gasteiger partial charge is 0.453 e. The number of hydrogen-bond acceptors (Lipinski definition) is 5. The monoisotopic (exact) mass is 750 g/mol. The highest BCUT2D eigenvalue weighted by molar-refractivity contribution is 7.26. The summed E-state index contributed by atoms with van der Waals surface area (Å²) in [6, 6.07) is 64.8. The molecule has 57 heavy (non-hydrogen) atoms. The van der Waals surface area contributed by atoms with Crippen molar-refractivity contribution in [3.63, 3.8) is 0 Å². The minimum Gasteiger partial charge on any atom is -0.453 e. The predicted molar refractivity (Wildman–Crippen MR) is 238 cm³/mol. The van der Waals surface area contributed by atoms with Crippen LogP contribution in [-0.2, 0) is 0 Å². The van der Waals surface area contributed by atoms with Gasteiger partial charge < -0.3 is 14.3 Å². The van der Waals surface area contributed by atoms with Crippen molar-refractivity contribution >= 4 is 81.1 Å². The molecule has 6 heteroatoms. The highest BCUT2D eigenvalue weighted by Gasteiger charge is 2.26. The van der Waals surface area contributed by atoms with Crippen molar-refractivity contribution in [1.29, 1.82) is 0 Å². The fraction of sp³-hybridized carbons (Fsp3) is 0.0392. The van der Waals surface area contributed by atoms with Gasteiger partial charge in [-0.1, -0.05) is 146 Å². The van der Waals surface area contributed by atoms with Gasteiger partial charge in [-0.05, 0) is 53.1 Å². The van der Waals surface area contributed by atoms with Crippen molar-refractivity contribution in [3.8, 4) is 16.8 Å². The third-order valence-corrected chi connectivity index (χ3v) is 12.6. The van der Waals surface area contributed by atoms with Crippen molar-refractivity contribution in [2.24, 2.45) is 4.99 Å². The van der Waals surface area contributed by atoms with Crippen LogP contribution in [0.3, 0.4) is 0 Å². The molecular formula is C51H34N4OS. The van der Waals surface area contributed by atoms with Crippen LogP contribution >= 0.6 is 11.3 Å². The molecular weight excluding hydrogens is 717 g/mol. The Morgan fingerprint density at radius 2 is 1.16 bits per heavy atom. The van der Waals surface area contributed by atoms with E-state index in [9.17, 15) is 0 Å². The summed E-state index contributed by atoms with van der Waals surface area (Å²) in [5.41, 5.74) is 10.7. The van der Waals surface area contributed by atoms with Crippen LogP contribution in [0.2, 0.25) is 0 Å². The third kappa shape index (κ3) is 5.08. The molecule has 5 nitrogen and oxygen atoms in total. The maximum Gasteiger partial charge on any atom is 0.159 e. The normalized spacial score (nSPS) is 15.9. The van der Waals surface area contributed by atoms with Gasteiger partial charge in [0.15, 0.2) is 5.58 Å². The molecule has 4 heterocycles. The zero-order valence-corrected chi connectivity index (χ0v) is 31.5. The minimum atomic E-state index is -0.253. The molecule has 12 rings (SSSR count). The maximum absolute atomic E-state index is 7.10. The number of para-hydroxylation sites is 4. The van der Waals surface area contributed by atoms with E-state index in [2.05, 4.69) is 191 Å². The van der Waals surface area contributed by atoms with Gasteiger partial charge in [-0.3, -0.25) is 5.32 Å². The summed E-state index contributed by atoms with van der Waals surface area (Å²) >= 11 is 1.83. The zero-order chi connectivity index (χ0) is 37.5. The summed E-state index contributed by atoms with van der Waals surface area (Å²) in [6.45, 7) is 0. The van der Waals surface area contributed by atoms with E-state index >= 15 is 0 Å². The zero-order valence-electron chi connectivity index (χ0n) is 30.7. The summed E-state index contributed by atoms with van der Waals surface area (Å²) in [4.78, 5) is 5.26. The molecule has 0 saturated heterocycles. The number of furan rings is 1. The van der Waals surface area contributed by atoms with Gasteiger partial charge in [0.25, 0.3) is 0 Å². The van der Waals surface area contributed by atoms with Crippen molar-refractivity contribution in [2.45, 2.75) is 12.3 Å². The van der Waals surface area contributed by atoms with E-state index in [0.717, 1.165) is 72.3 Å². The van der Waals surface area contributed by atoms with Gasteiger partial charge in [-0.25, -0.2) is 4.99 Å². The van der Waals surface area contributed by atoms with Gasteiger partial charge in [0.2, 0.25) is 0 Å². The van der Waals surface area contributed by atoms with Crippen LogP contribution in [-0.4, -0.2) is 10.4 Å². The first-order chi connectivity index (χ1) is 28.3. The number of amidine groups is 1. The Kier molecular flexibility index (Phi) is 7.24. The number of aliphatic imine (C=N–C) groups is 1. The maximum atomic E-state index is 7.10. The molecule has 8 aromatic carbocycles. The summed E-state index contributed by atoms with van der Waals surface area (Å²) in [6.07, 6.45) is -0.358. The second-order valence-electron chi connectivity index (χ2n) is 14.7. The molecule has 0 aliphatic carbocycles. The number of aromatic nitrogens is 1. The number of nitrogens with one attached hydrogen (secondary N) is 2. The van der Waals surface area contributed by atoms with E-state index in [1.54, 1.807) is 0 Å². The van der Waals surface area contributed by atoms with Gasteiger partial charge in [0.05, 0.1) is 16.7 Å². The predicted octanol–water partition coefficient (Wildman–Crippen LogP) is 13.1. The van der Waals surface area contributed by atoms with Crippen LogP contribution in [0.15, 0.2) is 191 Å². The molecule has 1 aliphatic heterocycles. The molecule has 2 atom stereocenters. The molecule has 1 aliphatic rings. The van der Waals surface area contributed by atoms with Gasteiger partial charge in [0, 0.05) is 52.8 Å². The second kappa shape index (κ2) is 12.8. The average molecular weight is 751 g/mol. The second-order valence-corrected chi connectivity index (χ2v) is 15.8. The van der Waals surface area contributed by atoms with Gasteiger partial charge in [-0.2, -0.15) is 0 Å². The van der Waals surface area contributed by atoms with E-state index in [0.29, 0.717) is 0 Å². The summed E-state index contributed by atoms with van der Waals surface area (Å²) in [5, 5.41) is 14.6. The van der Waals surface area contributed by atoms with Crippen LogP contribution in [0.5, 0.6) is 0 Å². The Hall–Kier alpha value is -6.99. The number of fused-ring (bicyclic) bond motifs is 9. The Labute approximate surface area is 332 Å². The smallest absolute Gasteiger partial charge is 0.159 e. The fourth-order valence-electron chi connectivity index (χ4n) is 8.90. The number of hydrogen-bond donors (Lipinski definition) is 2. The lowest BCUT2D eigenvalue weighted by Crippen LogP contribution is -2.44. The Balaban J connectivity index is 1.03. The number of nitrogens with zero attached hydrogens (tertiary/aromatic N) is 2. The van der Waals surface area contributed by atoms with Crippen molar-refractivity contribution in [2.75, 3.05) is 0 Å². The van der Waals surface area contributed by atoms with Crippen LogP contribution < -0.4 is 10.6 Å².